The van der Waals surface area contributed by atoms with Crippen molar-refractivity contribution in [1.82, 2.24) is 0 Å². The number of hydrogen-bond donors (Lipinski definition) is 1. The van der Waals surface area contributed by atoms with E-state index in [2.05, 4.69) is 0 Å². The Kier molecular flexibility index (Phi) is 3.83. The Bertz CT molecular complexity index is 488. The van der Waals surface area contributed by atoms with Crippen LogP contribution in [-0.2, 0) is 0 Å². The van der Waals surface area contributed by atoms with Gasteiger partial charge in [0.2, 0.25) is 5.92 Å². The van der Waals surface area contributed by atoms with Gasteiger partial charge in [-0.1, -0.05) is 6.07 Å². The van der Waals surface area contributed by atoms with Crippen molar-refractivity contribution in [1.29, 1.82) is 0 Å². The third kappa shape index (κ3) is 3.28. The molecule has 1 atom stereocenters. The van der Waals surface area contributed by atoms with Crippen LogP contribution in [-0.4, -0.2) is 11.7 Å². The number of alkyl halides is 2. The molecule has 0 bridgehead atoms. The number of halogens is 3. The first-order valence-electron chi connectivity index (χ1n) is 6.34. The average Bonchev–Trinajstić information content (AvgIpc) is 2.31. The van der Waals surface area contributed by atoms with Crippen LogP contribution in [0.2, 0.25) is 0 Å². The fourth-order valence-electron chi connectivity index (χ4n) is 2.60. The molecule has 1 aromatic rings. The van der Waals surface area contributed by atoms with Crippen molar-refractivity contribution in [3.8, 4) is 0 Å². The second-order valence-electron chi connectivity index (χ2n) is 5.15. The number of carbonyl (C=O) groups excluding carboxylic acids is 1. The van der Waals surface area contributed by atoms with Crippen molar-refractivity contribution in [2.24, 2.45) is 5.92 Å². The third-order valence-electron chi connectivity index (χ3n) is 3.57. The second kappa shape index (κ2) is 5.23. The van der Waals surface area contributed by atoms with Gasteiger partial charge in [-0.2, -0.15) is 0 Å². The summed E-state index contributed by atoms with van der Waals surface area (Å²) in [6.07, 6.45) is 0.650. The van der Waals surface area contributed by atoms with E-state index in [4.69, 9.17) is 5.73 Å². The minimum Gasteiger partial charge on any atom is -0.396 e. The molecule has 0 heterocycles. The first-order valence-corrected chi connectivity index (χ1v) is 6.34. The van der Waals surface area contributed by atoms with Gasteiger partial charge in [0, 0.05) is 24.8 Å². The summed E-state index contributed by atoms with van der Waals surface area (Å²) in [7, 11) is 0. The molecule has 0 spiro atoms. The van der Waals surface area contributed by atoms with E-state index in [1.54, 1.807) is 0 Å². The number of nitrogen functional groups attached to an aromatic ring is 1. The van der Waals surface area contributed by atoms with Crippen LogP contribution < -0.4 is 5.73 Å². The van der Waals surface area contributed by atoms with Gasteiger partial charge in [0.25, 0.3) is 0 Å². The highest BCUT2D eigenvalue weighted by Gasteiger charge is 2.37. The summed E-state index contributed by atoms with van der Waals surface area (Å²) >= 11 is 0. The molecule has 0 aliphatic heterocycles. The number of nitrogens with two attached hydrogens (primary N) is 1. The van der Waals surface area contributed by atoms with Crippen LogP contribution in [0.4, 0.5) is 18.9 Å². The molecule has 0 aromatic heterocycles. The molecule has 2 rings (SSSR count). The molecule has 2 N–H and O–H groups in total. The number of para-hydroxylation sites is 1. The van der Waals surface area contributed by atoms with E-state index in [-0.39, 0.29) is 42.2 Å². The quantitative estimate of drug-likeness (QED) is 0.671. The van der Waals surface area contributed by atoms with Crippen molar-refractivity contribution in [2.75, 3.05) is 5.73 Å². The van der Waals surface area contributed by atoms with Crippen LogP contribution in [0.3, 0.4) is 0 Å². The molecule has 1 unspecified atom stereocenters. The van der Waals surface area contributed by atoms with Crippen LogP contribution in [0.5, 0.6) is 0 Å². The summed E-state index contributed by atoms with van der Waals surface area (Å²) in [5, 5.41) is 0. The number of anilines is 1. The molecule has 104 valence electrons. The molecule has 19 heavy (non-hydrogen) atoms. The summed E-state index contributed by atoms with van der Waals surface area (Å²) in [4.78, 5) is 12.0. The summed E-state index contributed by atoms with van der Waals surface area (Å²) in [6.45, 7) is 0. The van der Waals surface area contributed by atoms with Crippen LogP contribution in [0, 0.1) is 11.7 Å². The zero-order valence-electron chi connectivity index (χ0n) is 10.5. The minimum absolute atomic E-state index is 0.00322. The lowest BCUT2D eigenvalue weighted by molar-refractivity contribution is -0.0521. The molecule has 1 aromatic carbocycles. The van der Waals surface area contributed by atoms with Gasteiger partial charge in [0.05, 0.1) is 5.69 Å². The molecule has 1 fully saturated rings. The van der Waals surface area contributed by atoms with Crippen molar-refractivity contribution in [3.05, 3.63) is 29.6 Å². The largest absolute Gasteiger partial charge is 0.396 e. The van der Waals surface area contributed by atoms with Crippen molar-refractivity contribution < 1.29 is 18.0 Å². The van der Waals surface area contributed by atoms with Crippen molar-refractivity contribution in [3.63, 3.8) is 0 Å². The van der Waals surface area contributed by atoms with Gasteiger partial charge in [0.1, 0.15) is 5.82 Å². The highest BCUT2D eigenvalue weighted by Crippen LogP contribution is 2.38. The smallest absolute Gasteiger partial charge is 0.248 e. The molecule has 1 aliphatic rings. The van der Waals surface area contributed by atoms with E-state index in [1.807, 2.05) is 0 Å². The fourth-order valence-corrected chi connectivity index (χ4v) is 2.60. The first-order chi connectivity index (χ1) is 8.89. The molecule has 5 heteroatoms. The highest BCUT2D eigenvalue weighted by molar-refractivity contribution is 6.00. The third-order valence-corrected chi connectivity index (χ3v) is 3.57. The molecule has 1 saturated carbocycles. The lowest BCUT2D eigenvalue weighted by Crippen LogP contribution is -2.27. The predicted molar refractivity (Wildman–Crippen MR) is 66.7 cm³/mol. The molecule has 1 aliphatic carbocycles. The van der Waals surface area contributed by atoms with Crippen molar-refractivity contribution >= 4 is 11.5 Å². The monoisotopic (exact) mass is 271 g/mol. The van der Waals surface area contributed by atoms with Crippen LogP contribution >= 0.6 is 0 Å². The number of rotatable bonds is 3. The average molecular weight is 271 g/mol. The molecule has 2 nitrogen and oxygen atoms in total. The van der Waals surface area contributed by atoms with Crippen LogP contribution in [0.1, 0.15) is 42.5 Å². The Labute approximate surface area is 109 Å². The van der Waals surface area contributed by atoms with E-state index in [0.717, 1.165) is 0 Å². The van der Waals surface area contributed by atoms with Crippen LogP contribution in [0.15, 0.2) is 18.2 Å². The zero-order valence-corrected chi connectivity index (χ0v) is 10.5. The second-order valence-corrected chi connectivity index (χ2v) is 5.15. The molecule has 0 saturated heterocycles. The van der Waals surface area contributed by atoms with Gasteiger partial charge in [-0.3, -0.25) is 4.79 Å². The molecular weight excluding hydrogens is 255 g/mol. The Hall–Kier alpha value is -1.52. The van der Waals surface area contributed by atoms with Gasteiger partial charge >= 0.3 is 0 Å². The summed E-state index contributed by atoms with van der Waals surface area (Å²) in [5.41, 5.74) is 5.39. The lowest BCUT2D eigenvalue weighted by atomic mass is 9.82. The van der Waals surface area contributed by atoms with Gasteiger partial charge in [-0.05, 0) is 30.9 Å². The number of ketones is 1. The number of Topliss-reactive ketones (excluding diaryl/α,β-unsaturated/α-hetero) is 1. The van der Waals surface area contributed by atoms with E-state index in [9.17, 15) is 18.0 Å². The lowest BCUT2D eigenvalue weighted by Gasteiger charge is -2.28. The van der Waals surface area contributed by atoms with Crippen LogP contribution in [0.25, 0.3) is 0 Å². The molecule has 0 radical (unpaired) electrons. The van der Waals surface area contributed by atoms with E-state index >= 15 is 0 Å². The van der Waals surface area contributed by atoms with E-state index < -0.39 is 11.7 Å². The highest BCUT2D eigenvalue weighted by atomic mass is 19.3. The van der Waals surface area contributed by atoms with E-state index in [1.165, 1.54) is 18.2 Å². The Morgan fingerprint density at radius 3 is 2.84 bits per heavy atom. The maximum atomic E-state index is 13.3. The minimum atomic E-state index is -2.68. The Balaban J connectivity index is 2.07. The van der Waals surface area contributed by atoms with Gasteiger partial charge in [-0.15, -0.1) is 0 Å². The fraction of sp³-hybridized carbons (Fsp3) is 0.500. The first kappa shape index (κ1) is 13.9. The predicted octanol–water partition coefficient (Wildman–Crippen LogP) is 3.81. The molecule has 0 amide bonds. The maximum Gasteiger partial charge on any atom is 0.248 e. The summed E-state index contributed by atoms with van der Waals surface area (Å²) in [6, 6.07) is 4.00. The van der Waals surface area contributed by atoms with Gasteiger partial charge in [-0.25, -0.2) is 13.2 Å². The standard InChI is InChI=1S/C14H16F3NO/c15-11-5-1-4-10(13(11)18)12(19)7-9-3-2-6-14(16,17)8-9/h1,4-5,9H,2-3,6-8,18H2. The summed E-state index contributed by atoms with van der Waals surface area (Å²) in [5.74, 6) is -4.05. The SMILES string of the molecule is Nc1c(F)cccc1C(=O)CC1CCCC(F)(F)C1. The van der Waals surface area contributed by atoms with Crippen molar-refractivity contribution in [2.45, 2.75) is 38.0 Å². The van der Waals surface area contributed by atoms with Gasteiger partial charge in [0.15, 0.2) is 5.78 Å². The molecular formula is C14H16F3NO. The Morgan fingerprint density at radius 2 is 2.16 bits per heavy atom. The number of benzene rings is 1. The maximum absolute atomic E-state index is 13.3. The topological polar surface area (TPSA) is 43.1 Å². The number of hydrogen-bond acceptors (Lipinski definition) is 2. The van der Waals surface area contributed by atoms with Gasteiger partial charge < -0.3 is 5.73 Å². The summed E-state index contributed by atoms with van der Waals surface area (Å²) < 4.78 is 39.8. The number of carbonyl (C=O) groups is 1. The zero-order chi connectivity index (χ0) is 14.0. The normalized spacial score (nSPS) is 22.2. The Morgan fingerprint density at radius 1 is 1.42 bits per heavy atom. The van der Waals surface area contributed by atoms with E-state index in [0.29, 0.717) is 12.8 Å².